The van der Waals surface area contributed by atoms with Crippen LogP contribution in [-0.2, 0) is 19.8 Å². The van der Waals surface area contributed by atoms with Crippen molar-refractivity contribution in [2.45, 2.75) is 50.1 Å². The number of halogens is 1. The van der Waals surface area contributed by atoms with Gasteiger partial charge in [0.1, 0.15) is 6.04 Å². The number of terminal acetylenes is 1. The molecule has 1 saturated heterocycles. The quantitative estimate of drug-likeness (QED) is 0.709. The van der Waals surface area contributed by atoms with Crippen molar-refractivity contribution in [1.82, 2.24) is 10.2 Å². The Hall–Kier alpha value is -2.52. The third kappa shape index (κ3) is 4.00. The predicted molar refractivity (Wildman–Crippen MR) is 106 cm³/mol. The standard InChI is InChI=1S/C21H24ClN3O3/c1-3-16(11-18(23)26)24-19(27)17-10-13(2)12-25(17)20(28)21(8-9-21)14-4-6-15(22)7-5-14/h1,4-7,13,16-17H,8-12H2,2H3,(H2,23,26)(H,24,27)/t13?,16-,17?/m1/s1. The van der Waals surface area contributed by atoms with Crippen molar-refractivity contribution in [3.8, 4) is 12.3 Å². The Morgan fingerprint density at radius 3 is 2.54 bits per heavy atom. The lowest BCUT2D eigenvalue weighted by atomic mass is 9.94. The summed E-state index contributed by atoms with van der Waals surface area (Å²) in [5.41, 5.74) is 5.53. The van der Waals surface area contributed by atoms with Crippen LogP contribution in [0.1, 0.15) is 38.2 Å². The van der Waals surface area contributed by atoms with Crippen LogP contribution in [0.2, 0.25) is 5.02 Å². The molecule has 1 heterocycles. The lowest BCUT2D eigenvalue weighted by Crippen LogP contribution is -2.51. The maximum absolute atomic E-state index is 13.4. The van der Waals surface area contributed by atoms with Gasteiger partial charge in [-0.25, -0.2) is 0 Å². The first-order valence-corrected chi connectivity index (χ1v) is 9.76. The van der Waals surface area contributed by atoms with E-state index in [1.807, 2.05) is 19.1 Å². The van der Waals surface area contributed by atoms with Gasteiger partial charge in [0.15, 0.2) is 0 Å². The normalized spacial score (nSPS) is 23.5. The number of carbonyl (C=O) groups is 3. The molecule has 7 heteroatoms. The van der Waals surface area contributed by atoms with Gasteiger partial charge < -0.3 is 16.0 Å². The summed E-state index contributed by atoms with van der Waals surface area (Å²) in [4.78, 5) is 39.0. The van der Waals surface area contributed by atoms with Crippen molar-refractivity contribution in [2.75, 3.05) is 6.54 Å². The average molecular weight is 402 g/mol. The van der Waals surface area contributed by atoms with Crippen LogP contribution in [0.5, 0.6) is 0 Å². The molecule has 0 bridgehead atoms. The first kappa shape index (κ1) is 20.2. The summed E-state index contributed by atoms with van der Waals surface area (Å²) in [7, 11) is 0. The van der Waals surface area contributed by atoms with Crippen molar-refractivity contribution < 1.29 is 14.4 Å². The first-order valence-electron chi connectivity index (χ1n) is 9.39. The number of rotatable bonds is 6. The number of nitrogens with zero attached hydrogens (tertiary/aromatic N) is 1. The number of nitrogens with one attached hydrogen (secondary N) is 1. The van der Waals surface area contributed by atoms with Gasteiger partial charge in [0, 0.05) is 11.6 Å². The van der Waals surface area contributed by atoms with Crippen molar-refractivity contribution >= 4 is 29.3 Å². The van der Waals surface area contributed by atoms with Crippen molar-refractivity contribution in [3.63, 3.8) is 0 Å². The van der Waals surface area contributed by atoms with Crippen LogP contribution in [0.25, 0.3) is 0 Å². The fraction of sp³-hybridized carbons (Fsp3) is 0.476. The van der Waals surface area contributed by atoms with E-state index in [0.29, 0.717) is 18.0 Å². The molecule has 1 saturated carbocycles. The second kappa shape index (κ2) is 7.84. The van der Waals surface area contributed by atoms with Crippen LogP contribution in [0, 0.1) is 18.3 Å². The zero-order chi connectivity index (χ0) is 20.5. The summed E-state index contributed by atoms with van der Waals surface area (Å²) in [6, 6.07) is 5.94. The zero-order valence-corrected chi connectivity index (χ0v) is 16.5. The molecular weight excluding hydrogens is 378 g/mol. The van der Waals surface area contributed by atoms with Crippen LogP contribution < -0.4 is 11.1 Å². The van der Waals surface area contributed by atoms with Gasteiger partial charge in [-0.3, -0.25) is 14.4 Å². The minimum absolute atomic E-state index is 0.0357. The Labute approximate surface area is 169 Å². The van der Waals surface area contributed by atoms with Gasteiger partial charge in [-0.15, -0.1) is 6.42 Å². The molecule has 0 radical (unpaired) electrons. The van der Waals surface area contributed by atoms with Gasteiger partial charge in [0.2, 0.25) is 17.7 Å². The fourth-order valence-electron chi connectivity index (χ4n) is 3.93. The summed E-state index contributed by atoms with van der Waals surface area (Å²) < 4.78 is 0. The van der Waals surface area contributed by atoms with E-state index in [0.717, 1.165) is 18.4 Å². The summed E-state index contributed by atoms with van der Waals surface area (Å²) in [5, 5.41) is 3.30. The van der Waals surface area contributed by atoms with Crippen molar-refractivity contribution in [2.24, 2.45) is 11.7 Å². The summed E-state index contributed by atoms with van der Waals surface area (Å²) in [6.07, 6.45) is 7.32. The van der Waals surface area contributed by atoms with Crippen LogP contribution >= 0.6 is 11.6 Å². The average Bonchev–Trinajstić information content (AvgIpc) is 3.36. The number of hydrogen-bond donors (Lipinski definition) is 2. The minimum Gasteiger partial charge on any atom is -0.370 e. The molecule has 2 aliphatic rings. The van der Waals surface area contributed by atoms with E-state index >= 15 is 0 Å². The second-order valence-corrected chi connectivity index (χ2v) is 8.24. The Morgan fingerprint density at radius 1 is 1.36 bits per heavy atom. The van der Waals surface area contributed by atoms with Crippen molar-refractivity contribution in [3.05, 3.63) is 34.9 Å². The molecule has 0 spiro atoms. The van der Waals surface area contributed by atoms with Crippen LogP contribution in [0.3, 0.4) is 0 Å². The van der Waals surface area contributed by atoms with E-state index in [1.165, 1.54) is 0 Å². The van der Waals surface area contributed by atoms with Crippen LogP contribution in [0.15, 0.2) is 24.3 Å². The number of amides is 3. The Morgan fingerprint density at radius 2 is 2.00 bits per heavy atom. The predicted octanol–water partition coefficient (Wildman–Crippen LogP) is 1.60. The van der Waals surface area contributed by atoms with Crippen LogP contribution in [0.4, 0.5) is 0 Å². The second-order valence-electron chi connectivity index (χ2n) is 7.80. The molecule has 3 amide bonds. The minimum atomic E-state index is -0.774. The molecule has 1 aliphatic heterocycles. The Bertz CT molecular complexity index is 826. The van der Waals surface area contributed by atoms with E-state index in [2.05, 4.69) is 11.2 Å². The van der Waals surface area contributed by atoms with Gasteiger partial charge in [0.25, 0.3) is 0 Å². The molecule has 148 valence electrons. The monoisotopic (exact) mass is 401 g/mol. The van der Waals surface area contributed by atoms with E-state index in [1.54, 1.807) is 17.0 Å². The molecule has 1 aliphatic carbocycles. The topological polar surface area (TPSA) is 92.5 Å². The summed E-state index contributed by atoms with van der Waals surface area (Å²) >= 11 is 5.97. The highest BCUT2D eigenvalue weighted by Gasteiger charge is 2.55. The SMILES string of the molecule is C#C[C@H](CC(N)=O)NC(=O)C1CC(C)CN1C(=O)C1(c2ccc(Cl)cc2)CC1. The maximum atomic E-state index is 13.4. The number of primary amides is 1. The number of likely N-dealkylation sites (tertiary alicyclic amines) is 1. The molecule has 3 atom stereocenters. The van der Waals surface area contributed by atoms with E-state index in [4.69, 9.17) is 23.8 Å². The maximum Gasteiger partial charge on any atom is 0.243 e. The third-order valence-electron chi connectivity index (χ3n) is 5.55. The molecular formula is C21H24ClN3O3. The number of carbonyl (C=O) groups excluding carboxylic acids is 3. The smallest absolute Gasteiger partial charge is 0.243 e. The molecule has 3 N–H and O–H groups in total. The molecule has 28 heavy (non-hydrogen) atoms. The third-order valence-corrected chi connectivity index (χ3v) is 5.80. The summed E-state index contributed by atoms with van der Waals surface area (Å²) in [6.45, 7) is 2.53. The number of benzene rings is 1. The van der Waals surface area contributed by atoms with E-state index < -0.39 is 23.4 Å². The Balaban J connectivity index is 1.77. The van der Waals surface area contributed by atoms with Crippen LogP contribution in [-0.4, -0.2) is 41.2 Å². The molecule has 0 aromatic heterocycles. The number of hydrogen-bond acceptors (Lipinski definition) is 3. The first-order chi connectivity index (χ1) is 13.3. The highest BCUT2D eigenvalue weighted by atomic mass is 35.5. The Kier molecular flexibility index (Phi) is 5.66. The lowest BCUT2D eigenvalue weighted by molar-refractivity contribution is -0.140. The highest BCUT2D eigenvalue weighted by Crippen LogP contribution is 2.50. The number of nitrogens with two attached hydrogens (primary N) is 1. The fourth-order valence-corrected chi connectivity index (χ4v) is 4.06. The van der Waals surface area contributed by atoms with Crippen molar-refractivity contribution in [1.29, 1.82) is 0 Å². The van der Waals surface area contributed by atoms with Gasteiger partial charge in [-0.1, -0.05) is 36.6 Å². The zero-order valence-electron chi connectivity index (χ0n) is 15.8. The van der Waals surface area contributed by atoms with Gasteiger partial charge >= 0.3 is 0 Å². The van der Waals surface area contributed by atoms with Gasteiger partial charge in [-0.05, 0) is 42.9 Å². The molecule has 1 aromatic rings. The van der Waals surface area contributed by atoms with Gasteiger partial charge in [-0.2, -0.15) is 0 Å². The highest BCUT2D eigenvalue weighted by molar-refractivity contribution is 6.30. The molecule has 1 aromatic carbocycles. The molecule has 6 nitrogen and oxygen atoms in total. The lowest BCUT2D eigenvalue weighted by Gasteiger charge is -2.29. The molecule has 2 fully saturated rings. The largest absolute Gasteiger partial charge is 0.370 e. The molecule has 3 rings (SSSR count). The molecule has 2 unspecified atom stereocenters. The van der Waals surface area contributed by atoms with E-state index in [-0.39, 0.29) is 24.2 Å². The van der Waals surface area contributed by atoms with E-state index in [9.17, 15) is 14.4 Å². The van der Waals surface area contributed by atoms with Gasteiger partial charge in [0.05, 0.1) is 17.9 Å². The summed E-state index contributed by atoms with van der Waals surface area (Å²) in [5.74, 6) is 1.60.